The van der Waals surface area contributed by atoms with E-state index in [2.05, 4.69) is 17.0 Å². The fourth-order valence-electron chi connectivity index (χ4n) is 2.24. The van der Waals surface area contributed by atoms with E-state index in [1.165, 1.54) is 0 Å². The van der Waals surface area contributed by atoms with E-state index in [0.29, 0.717) is 19.6 Å². The molecule has 0 aromatic heterocycles. The third-order valence-corrected chi connectivity index (χ3v) is 3.91. The lowest BCUT2D eigenvalue weighted by atomic mass is 10.1. The molecule has 2 amide bonds. The average Bonchev–Trinajstić information content (AvgIpc) is 2.32. The van der Waals surface area contributed by atoms with Crippen molar-refractivity contribution in [2.45, 2.75) is 45.1 Å². The third kappa shape index (κ3) is 6.77. The van der Waals surface area contributed by atoms with Crippen molar-refractivity contribution in [3.8, 4) is 0 Å². The Bertz CT molecular complexity index is 384. The summed E-state index contributed by atoms with van der Waals surface area (Å²) in [5.74, 6) is 0. The molecule has 2 N–H and O–H groups in total. The van der Waals surface area contributed by atoms with Gasteiger partial charge in [0.25, 0.3) is 0 Å². The van der Waals surface area contributed by atoms with Crippen LogP contribution < -0.4 is 10.0 Å². The van der Waals surface area contributed by atoms with Crippen molar-refractivity contribution >= 4 is 16.1 Å². The van der Waals surface area contributed by atoms with E-state index >= 15 is 0 Å². The summed E-state index contributed by atoms with van der Waals surface area (Å²) in [7, 11) is -3.21. The van der Waals surface area contributed by atoms with Crippen LogP contribution in [0.1, 0.15) is 39.0 Å². The molecule has 0 aromatic rings. The highest BCUT2D eigenvalue weighted by Gasteiger charge is 2.25. The smallest absolute Gasteiger partial charge is 0.317 e. The second-order valence-electron chi connectivity index (χ2n) is 5.11. The maximum atomic E-state index is 11.9. The summed E-state index contributed by atoms with van der Waals surface area (Å²) < 4.78 is 24.9. The number of hydrogen-bond acceptors (Lipinski definition) is 3. The number of nitrogens with zero attached hydrogens (tertiary/aromatic N) is 1. The Hall–Kier alpha value is -0.820. The predicted octanol–water partition coefficient (Wildman–Crippen LogP) is 0.900. The van der Waals surface area contributed by atoms with Gasteiger partial charge in [0, 0.05) is 25.7 Å². The highest BCUT2D eigenvalue weighted by molar-refractivity contribution is 7.88. The van der Waals surface area contributed by atoms with Gasteiger partial charge in [-0.15, -0.1) is 0 Å². The van der Waals surface area contributed by atoms with E-state index in [0.717, 1.165) is 38.4 Å². The van der Waals surface area contributed by atoms with Crippen LogP contribution >= 0.6 is 0 Å². The lowest BCUT2D eigenvalue weighted by molar-refractivity contribution is 0.177. The largest absolute Gasteiger partial charge is 0.338 e. The van der Waals surface area contributed by atoms with Gasteiger partial charge in [-0.05, 0) is 19.3 Å². The quantitative estimate of drug-likeness (QED) is 0.714. The Morgan fingerprint density at radius 2 is 2.11 bits per heavy atom. The Balaban J connectivity index is 2.35. The Morgan fingerprint density at radius 3 is 2.74 bits per heavy atom. The number of hydrogen-bond donors (Lipinski definition) is 2. The topological polar surface area (TPSA) is 78.5 Å². The number of piperidine rings is 1. The molecule has 19 heavy (non-hydrogen) atoms. The van der Waals surface area contributed by atoms with Crippen molar-refractivity contribution in [1.29, 1.82) is 0 Å². The van der Waals surface area contributed by atoms with Crippen molar-refractivity contribution in [1.82, 2.24) is 14.9 Å². The molecule has 0 aromatic carbocycles. The molecule has 1 aliphatic rings. The first-order chi connectivity index (χ1) is 8.92. The fraction of sp³-hybridized carbons (Fsp3) is 0.917. The van der Waals surface area contributed by atoms with E-state index < -0.39 is 10.0 Å². The third-order valence-electron chi connectivity index (χ3n) is 3.15. The SMILES string of the molecule is CCCCCNC(=O)N1CCC[C@H](NS(C)(=O)=O)C1. The van der Waals surface area contributed by atoms with Gasteiger partial charge in [-0.1, -0.05) is 19.8 Å². The highest BCUT2D eigenvalue weighted by atomic mass is 32.2. The standard InChI is InChI=1S/C12H25N3O3S/c1-3-4-5-8-13-12(16)15-9-6-7-11(10-15)14-19(2,17)18/h11,14H,3-10H2,1-2H3,(H,13,16)/t11-/m0/s1. The predicted molar refractivity (Wildman–Crippen MR) is 75.5 cm³/mol. The molecule has 0 bridgehead atoms. The van der Waals surface area contributed by atoms with Crippen LogP contribution in [0.5, 0.6) is 0 Å². The van der Waals surface area contributed by atoms with Crippen molar-refractivity contribution in [3.05, 3.63) is 0 Å². The molecule has 1 heterocycles. The lowest BCUT2D eigenvalue weighted by Gasteiger charge is -2.32. The molecule has 0 unspecified atom stereocenters. The summed E-state index contributed by atoms with van der Waals surface area (Å²) in [5, 5.41) is 2.88. The van der Waals surface area contributed by atoms with Gasteiger partial charge >= 0.3 is 6.03 Å². The number of sulfonamides is 1. The van der Waals surface area contributed by atoms with Crippen molar-refractivity contribution in [2.24, 2.45) is 0 Å². The van der Waals surface area contributed by atoms with E-state index in [-0.39, 0.29) is 12.1 Å². The minimum atomic E-state index is -3.21. The number of likely N-dealkylation sites (tertiary alicyclic amines) is 1. The second kappa shape index (κ2) is 7.69. The Kier molecular flexibility index (Phi) is 6.57. The van der Waals surface area contributed by atoms with Gasteiger partial charge in [0.05, 0.1) is 6.26 Å². The molecule has 1 fully saturated rings. The lowest BCUT2D eigenvalue weighted by Crippen LogP contribution is -2.52. The van der Waals surface area contributed by atoms with E-state index in [1.807, 2.05) is 0 Å². The molecule has 1 saturated heterocycles. The van der Waals surface area contributed by atoms with Crippen LogP contribution in [0.15, 0.2) is 0 Å². The second-order valence-corrected chi connectivity index (χ2v) is 6.89. The number of amides is 2. The van der Waals surface area contributed by atoms with Gasteiger partial charge in [0.15, 0.2) is 0 Å². The zero-order chi connectivity index (χ0) is 14.3. The van der Waals surface area contributed by atoms with E-state index in [1.54, 1.807) is 4.90 Å². The van der Waals surface area contributed by atoms with E-state index in [4.69, 9.17) is 0 Å². The monoisotopic (exact) mass is 291 g/mol. The molecule has 0 radical (unpaired) electrons. The molecule has 0 saturated carbocycles. The van der Waals surface area contributed by atoms with Crippen LogP contribution in [-0.2, 0) is 10.0 Å². The minimum absolute atomic E-state index is 0.0869. The normalized spacial score (nSPS) is 20.3. The van der Waals surface area contributed by atoms with Crippen molar-refractivity contribution in [3.63, 3.8) is 0 Å². The van der Waals surface area contributed by atoms with Gasteiger partial charge in [-0.2, -0.15) is 0 Å². The van der Waals surface area contributed by atoms with Gasteiger partial charge in [-0.25, -0.2) is 17.9 Å². The molecule has 1 aliphatic heterocycles. The zero-order valence-electron chi connectivity index (χ0n) is 11.8. The summed E-state index contributed by atoms with van der Waals surface area (Å²) in [5.41, 5.74) is 0. The van der Waals surface area contributed by atoms with Crippen LogP contribution in [-0.4, -0.2) is 51.3 Å². The van der Waals surface area contributed by atoms with Crippen LogP contribution in [0, 0.1) is 0 Å². The molecule has 1 rings (SSSR count). The average molecular weight is 291 g/mol. The molecule has 0 spiro atoms. The maximum absolute atomic E-state index is 11.9. The first-order valence-corrected chi connectivity index (χ1v) is 8.81. The minimum Gasteiger partial charge on any atom is -0.338 e. The van der Waals surface area contributed by atoms with Gasteiger partial charge < -0.3 is 10.2 Å². The number of urea groups is 1. The van der Waals surface area contributed by atoms with Crippen LogP contribution in [0.2, 0.25) is 0 Å². The maximum Gasteiger partial charge on any atom is 0.317 e. The summed E-state index contributed by atoms with van der Waals surface area (Å²) in [4.78, 5) is 13.6. The molecular weight excluding hydrogens is 266 g/mol. The zero-order valence-corrected chi connectivity index (χ0v) is 12.6. The first kappa shape index (κ1) is 16.2. The number of carbonyl (C=O) groups excluding carboxylic acids is 1. The number of rotatable bonds is 6. The number of carbonyl (C=O) groups is 1. The fourth-order valence-corrected chi connectivity index (χ4v) is 3.04. The van der Waals surface area contributed by atoms with E-state index in [9.17, 15) is 13.2 Å². The Morgan fingerprint density at radius 1 is 1.37 bits per heavy atom. The van der Waals surface area contributed by atoms with Crippen LogP contribution in [0.25, 0.3) is 0 Å². The molecular formula is C12H25N3O3S. The number of nitrogens with one attached hydrogen (secondary N) is 2. The molecule has 7 heteroatoms. The van der Waals surface area contributed by atoms with Crippen LogP contribution in [0.3, 0.4) is 0 Å². The number of unbranched alkanes of at least 4 members (excludes halogenated alkanes) is 2. The first-order valence-electron chi connectivity index (χ1n) is 6.92. The van der Waals surface area contributed by atoms with Gasteiger partial charge in [0.1, 0.15) is 0 Å². The summed E-state index contributed by atoms with van der Waals surface area (Å²) in [6, 6.07) is -0.249. The highest BCUT2D eigenvalue weighted by Crippen LogP contribution is 2.10. The summed E-state index contributed by atoms with van der Waals surface area (Å²) in [6.07, 6.45) is 5.98. The Labute approximate surface area is 116 Å². The molecule has 0 aliphatic carbocycles. The van der Waals surface area contributed by atoms with Crippen molar-refractivity contribution < 1.29 is 13.2 Å². The molecule has 112 valence electrons. The van der Waals surface area contributed by atoms with Crippen molar-refractivity contribution in [2.75, 3.05) is 25.9 Å². The van der Waals surface area contributed by atoms with Gasteiger partial charge in [0.2, 0.25) is 10.0 Å². The van der Waals surface area contributed by atoms with Gasteiger partial charge in [-0.3, -0.25) is 0 Å². The van der Waals surface area contributed by atoms with Crippen LogP contribution in [0.4, 0.5) is 4.79 Å². The molecule has 1 atom stereocenters. The summed E-state index contributed by atoms with van der Waals surface area (Å²) >= 11 is 0. The molecule has 6 nitrogen and oxygen atoms in total. The summed E-state index contributed by atoms with van der Waals surface area (Å²) in [6.45, 7) is 3.95.